The van der Waals surface area contributed by atoms with Crippen LogP contribution in [0.1, 0.15) is 25.8 Å². The highest BCUT2D eigenvalue weighted by Gasteiger charge is 2.23. The Hall–Kier alpha value is -0.830. The van der Waals surface area contributed by atoms with Gasteiger partial charge >= 0.3 is 0 Å². The number of nitrogens with one attached hydrogen (secondary N) is 1. The molecule has 0 aliphatic carbocycles. The molecule has 1 aliphatic rings. The van der Waals surface area contributed by atoms with Crippen LogP contribution < -0.4 is 10.1 Å². The van der Waals surface area contributed by atoms with Crippen molar-refractivity contribution in [3.05, 3.63) is 23.8 Å². The van der Waals surface area contributed by atoms with Crippen molar-refractivity contribution in [3.63, 3.8) is 0 Å². The molecule has 0 saturated carbocycles. The summed E-state index contributed by atoms with van der Waals surface area (Å²) in [7, 11) is 0. The minimum Gasteiger partial charge on any atom is -0.494 e. The molecule has 1 aliphatic heterocycles. The average molecular weight is 251 g/mol. The Balaban J connectivity index is 2.05. The second kappa shape index (κ2) is 5.67. The van der Waals surface area contributed by atoms with Gasteiger partial charge < -0.3 is 10.1 Å². The molecule has 1 aromatic rings. The van der Waals surface area contributed by atoms with Crippen molar-refractivity contribution in [2.45, 2.75) is 38.5 Å². The van der Waals surface area contributed by atoms with E-state index in [4.69, 9.17) is 4.74 Å². The fourth-order valence-corrected chi connectivity index (χ4v) is 3.37. The van der Waals surface area contributed by atoms with Gasteiger partial charge in [-0.3, -0.25) is 0 Å². The van der Waals surface area contributed by atoms with Gasteiger partial charge in [0.25, 0.3) is 0 Å². The summed E-state index contributed by atoms with van der Waals surface area (Å²) < 4.78 is 5.50. The molecule has 0 spiro atoms. The van der Waals surface area contributed by atoms with Crippen molar-refractivity contribution in [1.29, 1.82) is 0 Å². The lowest BCUT2D eigenvalue weighted by molar-refractivity contribution is 0.340. The van der Waals surface area contributed by atoms with Crippen LogP contribution in [-0.4, -0.2) is 23.7 Å². The maximum atomic E-state index is 5.50. The number of thioether (sulfide) groups is 1. The molecule has 94 valence electrons. The monoisotopic (exact) mass is 251 g/mol. The second-order valence-corrected chi connectivity index (χ2v) is 6.01. The van der Waals surface area contributed by atoms with Gasteiger partial charge in [-0.05, 0) is 49.8 Å². The second-order valence-electron chi connectivity index (χ2n) is 4.53. The SMILES string of the molecule is CCOc1ccc(NC2CCSC2C)c(C)c1. The molecular formula is C14H21NOS. The maximum absolute atomic E-state index is 5.50. The largest absolute Gasteiger partial charge is 0.494 e. The topological polar surface area (TPSA) is 21.3 Å². The molecule has 0 aromatic heterocycles. The molecule has 2 nitrogen and oxygen atoms in total. The number of anilines is 1. The zero-order valence-corrected chi connectivity index (χ0v) is 11.6. The first-order valence-corrected chi connectivity index (χ1v) is 7.37. The number of aryl methyl sites for hydroxylation is 1. The summed E-state index contributed by atoms with van der Waals surface area (Å²) in [6.07, 6.45) is 1.26. The standard InChI is InChI=1S/C14H21NOS/c1-4-16-12-5-6-13(10(2)9-12)15-14-7-8-17-11(14)3/h5-6,9,11,14-15H,4,7-8H2,1-3H3. The smallest absolute Gasteiger partial charge is 0.119 e. The van der Waals surface area contributed by atoms with E-state index in [0.29, 0.717) is 11.3 Å². The first-order chi connectivity index (χ1) is 8.20. The molecule has 17 heavy (non-hydrogen) atoms. The Labute approximate surface area is 108 Å². The molecule has 0 bridgehead atoms. The molecule has 1 heterocycles. The molecule has 1 N–H and O–H groups in total. The maximum Gasteiger partial charge on any atom is 0.119 e. The van der Waals surface area contributed by atoms with Crippen molar-refractivity contribution in [1.82, 2.24) is 0 Å². The Bertz CT molecular complexity index is 380. The highest BCUT2D eigenvalue weighted by atomic mass is 32.2. The number of hydrogen-bond acceptors (Lipinski definition) is 3. The molecule has 2 atom stereocenters. The lowest BCUT2D eigenvalue weighted by Crippen LogP contribution is -2.25. The van der Waals surface area contributed by atoms with Crippen molar-refractivity contribution in [2.24, 2.45) is 0 Å². The van der Waals surface area contributed by atoms with Crippen LogP contribution in [0, 0.1) is 6.92 Å². The third kappa shape index (κ3) is 3.09. The summed E-state index contributed by atoms with van der Waals surface area (Å²) in [5.41, 5.74) is 2.51. The number of rotatable bonds is 4. The van der Waals surface area contributed by atoms with E-state index in [-0.39, 0.29) is 0 Å². The summed E-state index contributed by atoms with van der Waals surface area (Å²) in [6.45, 7) is 7.18. The molecule has 0 amide bonds. The highest BCUT2D eigenvalue weighted by Crippen LogP contribution is 2.30. The third-order valence-corrected chi connectivity index (χ3v) is 4.55. The van der Waals surface area contributed by atoms with Gasteiger partial charge in [-0.2, -0.15) is 11.8 Å². The average Bonchev–Trinajstić information content (AvgIpc) is 2.69. The lowest BCUT2D eigenvalue weighted by atomic mass is 10.1. The lowest BCUT2D eigenvalue weighted by Gasteiger charge is -2.19. The van der Waals surface area contributed by atoms with Crippen LogP contribution in [0.2, 0.25) is 0 Å². The minimum absolute atomic E-state index is 0.608. The Morgan fingerprint density at radius 2 is 2.29 bits per heavy atom. The van der Waals surface area contributed by atoms with Crippen molar-refractivity contribution in [3.8, 4) is 5.75 Å². The van der Waals surface area contributed by atoms with E-state index in [1.807, 2.05) is 13.0 Å². The zero-order valence-electron chi connectivity index (χ0n) is 10.8. The van der Waals surface area contributed by atoms with Gasteiger partial charge in [0.1, 0.15) is 5.75 Å². The van der Waals surface area contributed by atoms with Crippen molar-refractivity contribution in [2.75, 3.05) is 17.7 Å². The van der Waals surface area contributed by atoms with Gasteiger partial charge in [0.15, 0.2) is 0 Å². The summed E-state index contributed by atoms with van der Waals surface area (Å²) in [5.74, 6) is 2.24. The Morgan fingerprint density at radius 1 is 1.47 bits per heavy atom. The van der Waals surface area contributed by atoms with Gasteiger partial charge in [0.05, 0.1) is 6.61 Å². The van der Waals surface area contributed by atoms with E-state index in [1.165, 1.54) is 23.4 Å². The molecule has 1 saturated heterocycles. The van der Waals surface area contributed by atoms with Gasteiger partial charge in [-0.15, -0.1) is 0 Å². The zero-order chi connectivity index (χ0) is 12.3. The van der Waals surface area contributed by atoms with E-state index < -0.39 is 0 Å². The minimum atomic E-state index is 0.608. The number of benzene rings is 1. The molecule has 1 aromatic carbocycles. The Kier molecular flexibility index (Phi) is 4.21. The summed E-state index contributed by atoms with van der Waals surface area (Å²) in [6, 6.07) is 6.90. The van der Waals surface area contributed by atoms with Gasteiger partial charge in [0, 0.05) is 17.0 Å². The summed E-state index contributed by atoms with van der Waals surface area (Å²) in [5, 5.41) is 4.36. The van der Waals surface area contributed by atoms with E-state index in [9.17, 15) is 0 Å². The van der Waals surface area contributed by atoms with Crippen LogP contribution in [0.15, 0.2) is 18.2 Å². The highest BCUT2D eigenvalue weighted by molar-refractivity contribution is 8.00. The third-order valence-electron chi connectivity index (χ3n) is 3.23. The van der Waals surface area contributed by atoms with Crippen molar-refractivity contribution < 1.29 is 4.74 Å². The fourth-order valence-electron chi connectivity index (χ4n) is 2.18. The number of hydrogen-bond donors (Lipinski definition) is 1. The Morgan fingerprint density at radius 3 is 2.88 bits per heavy atom. The molecule has 2 unspecified atom stereocenters. The molecule has 1 fully saturated rings. The normalized spacial score (nSPS) is 23.7. The predicted molar refractivity (Wildman–Crippen MR) is 76.3 cm³/mol. The summed E-state index contributed by atoms with van der Waals surface area (Å²) in [4.78, 5) is 0. The van der Waals surface area contributed by atoms with E-state index in [0.717, 1.165) is 12.4 Å². The van der Waals surface area contributed by atoms with Gasteiger partial charge in [-0.25, -0.2) is 0 Å². The van der Waals surface area contributed by atoms with Crippen molar-refractivity contribution >= 4 is 17.4 Å². The number of ether oxygens (including phenoxy) is 1. The van der Waals surface area contributed by atoms with Crippen LogP contribution in [0.25, 0.3) is 0 Å². The molecule has 2 rings (SSSR count). The van der Waals surface area contributed by atoms with Crippen LogP contribution in [0.4, 0.5) is 5.69 Å². The molecule has 3 heteroatoms. The van der Waals surface area contributed by atoms with Crippen LogP contribution >= 0.6 is 11.8 Å². The van der Waals surface area contributed by atoms with Crippen LogP contribution in [0.5, 0.6) is 5.75 Å². The quantitative estimate of drug-likeness (QED) is 0.881. The molecular weight excluding hydrogens is 230 g/mol. The fraction of sp³-hybridized carbons (Fsp3) is 0.571. The summed E-state index contributed by atoms with van der Waals surface area (Å²) >= 11 is 2.05. The first kappa shape index (κ1) is 12.6. The van der Waals surface area contributed by atoms with E-state index in [1.54, 1.807) is 0 Å². The van der Waals surface area contributed by atoms with Crippen LogP contribution in [-0.2, 0) is 0 Å². The van der Waals surface area contributed by atoms with Gasteiger partial charge in [-0.1, -0.05) is 6.92 Å². The van der Waals surface area contributed by atoms with Crippen LogP contribution in [0.3, 0.4) is 0 Å². The molecule has 0 radical (unpaired) electrons. The van der Waals surface area contributed by atoms with Gasteiger partial charge in [0.2, 0.25) is 0 Å². The first-order valence-electron chi connectivity index (χ1n) is 6.32. The van der Waals surface area contributed by atoms with E-state index in [2.05, 4.69) is 43.1 Å². The van der Waals surface area contributed by atoms with E-state index >= 15 is 0 Å². The predicted octanol–water partition coefficient (Wildman–Crippen LogP) is 3.70.